The van der Waals surface area contributed by atoms with Gasteiger partial charge in [-0.05, 0) is 19.9 Å². The number of benzene rings is 1. The predicted molar refractivity (Wildman–Crippen MR) is 57.1 cm³/mol. The molecule has 2 rings (SSSR count). The molecule has 0 bridgehead atoms. The average Bonchev–Trinajstić information content (AvgIpc) is 2.56. The maximum atomic E-state index is 11.1. The summed E-state index contributed by atoms with van der Waals surface area (Å²) >= 11 is 0. The molecule has 1 heterocycles. The zero-order chi connectivity index (χ0) is 11.0. The van der Waals surface area contributed by atoms with Gasteiger partial charge in [-0.2, -0.15) is 5.10 Å². The molecule has 0 amide bonds. The van der Waals surface area contributed by atoms with Crippen LogP contribution in [0.2, 0.25) is 0 Å². The standard InChI is InChI=1S/C11H12N2O2/c1-7(2)13-10(11(14)15)8-5-3-4-6-9(8)12-13/h3-7H,1-2H3,(H,14,15). The van der Waals surface area contributed by atoms with Crippen molar-refractivity contribution >= 4 is 16.9 Å². The van der Waals surface area contributed by atoms with Crippen LogP contribution in [0.25, 0.3) is 10.9 Å². The van der Waals surface area contributed by atoms with Crippen LogP contribution in [0.3, 0.4) is 0 Å². The first kappa shape index (κ1) is 9.71. The molecule has 0 aliphatic rings. The molecule has 15 heavy (non-hydrogen) atoms. The summed E-state index contributed by atoms with van der Waals surface area (Å²) in [6, 6.07) is 7.32. The van der Waals surface area contributed by atoms with Gasteiger partial charge in [-0.15, -0.1) is 0 Å². The van der Waals surface area contributed by atoms with Crippen LogP contribution in [-0.4, -0.2) is 20.9 Å². The second kappa shape index (κ2) is 3.38. The van der Waals surface area contributed by atoms with E-state index in [0.29, 0.717) is 5.39 Å². The fraction of sp³-hybridized carbons (Fsp3) is 0.273. The first-order valence-electron chi connectivity index (χ1n) is 4.82. The fourth-order valence-electron chi connectivity index (χ4n) is 1.64. The van der Waals surface area contributed by atoms with Crippen molar-refractivity contribution in [2.75, 3.05) is 0 Å². The van der Waals surface area contributed by atoms with E-state index in [-0.39, 0.29) is 11.7 Å². The van der Waals surface area contributed by atoms with Gasteiger partial charge in [-0.3, -0.25) is 4.68 Å². The number of hydrogen-bond acceptors (Lipinski definition) is 2. The summed E-state index contributed by atoms with van der Waals surface area (Å²) in [6.07, 6.45) is 0. The van der Waals surface area contributed by atoms with Gasteiger partial charge < -0.3 is 5.11 Å². The third-order valence-corrected chi connectivity index (χ3v) is 2.30. The SMILES string of the molecule is CC(C)n1nc2ccccc2c1C(=O)O. The quantitative estimate of drug-likeness (QED) is 0.816. The van der Waals surface area contributed by atoms with E-state index in [1.165, 1.54) is 0 Å². The number of carbonyl (C=O) groups is 1. The van der Waals surface area contributed by atoms with Crippen LogP contribution < -0.4 is 0 Å². The molecule has 0 unspecified atom stereocenters. The third-order valence-electron chi connectivity index (χ3n) is 2.30. The molecule has 0 radical (unpaired) electrons. The third kappa shape index (κ3) is 1.48. The Morgan fingerprint density at radius 1 is 1.40 bits per heavy atom. The Bertz CT molecular complexity index is 514. The van der Waals surface area contributed by atoms with Gasteiger partial charge >= 0.3 is 5.97 Å². The second-order valence-corrected chi connectivity index (χ2v) is 3.71. The highest BCUT2D eigenvalue weighted by Crippen LogP contribution is 2.21. The van der Waals surface area contributed by atoms with Crippen molar-refractivity contribution in [3.63, 3.8) is 0 Å². The largest absolute Gasteiger partial charge is 0.477 e. The van der Waals surface area contributed by atoms with Gasteiger partial charge in [-0.1, -0.05) is 18.2 Å². The Morgan fingerprint density at radius 3 is 2.67 bits per heavy atom. The molecule has 2 aromatic rings. The lowest BCUT2D eigenvalue weighted by atomic mass is 10.2. The monoisotopic (exact) mass is 204 g/mol. The number of aromatic nitrogens is 2. The zero-order valence-corrected chi connectivity index (χ0v) is 8.64. The smallest absolute Gasteiger partial charge is 0.354 e. The van der Waals surface area contributed by atoms with E-state index in [2.05, 4.69) is 5.10 Å². The van der Waals surface area contributed by atoms with Crippen molar-refractivity contribution in [1.29, 1.82) is 0 Å². The number of aromatic carboxylic acids is 1. The second-order valence-electron chi connectivity index (χ2n) is 3.71. The molecule has 0 atom stereocenters. The molecule has 0 spiro atoms. The molecule has 1 N–H and O–H groups in total. The van der Waals surface area contributed by atoms with E-state index in [4.69, 9.17) is 5.11 Å². The van der Waals surface area contributed by atoms with Crippen molar-refractivity contribution in [3.8, 4) is 0 Å². The zero-order valence-electron chi connectivity index (χ0n) is 8.64. The molecule has 0 fully saturated rings. The van der Waals surface area contributed by atoms with E-state index >= 15 is 0 Å². The minimum Gasteiger partial charge on any atom is -0.477 e. The number of nitrogens with zero attached hydrogens (tertiary/aromatic N) is 2. The predicted octanol–water partition coefficient (Wildman–Crippen LogP) is 2.32. The lowest BCUT2D eigenvalue weighted by Gasteiger charge is -2.07. The Labute approximate surface area is 87.1 Å². The van der Waals surface area contributed by atoms with E-state index in [1.54, 1.807) is 10.7 Å². The molecule has 1 aromatic carbocycles. The van der Waals surface area contributed by atoms with E-state index < -0.39 is 5.97 Å². The van der Waals surface area contributed by atoms with Crippen LogP contribution in [0.4, 0.5) is 0 Å². The maximum Gasteiger partial charge on any atom is 0.354 e. The minimum absolute atomic E-state index is 0.0449. The highest BCUT2D eigenvalue weighted by molar-refractivity contribution is 6.01. The molecule has 4 heteroatoms. The molecule has 0 aliphatic carbocycles. The molecule has 0 saturated carbocycles. The van der Waals surface area contributed by atoms with Gasteiger partial charge in [0.05, 0.1) is 5.52 Å². The van der Waals surface area contributed by atoms with Crippen molar-refractivity contribution in [3.05, 3.63) is 30.0 Å². The number of rotatable bonds is 2. The average molecular weight is 204 g/mol. The Morgan fingerprint density at radius 2 is 2.07 bits per heavy atom. The lowest BCUT2D eigenvalue weighted by Crippen LogP contribution is -2.12. The Balaban J connectivity index is 2.80. The molecular formula is C11H12N2O2. The first-order chi connectivity index (χ1) is 7.11. The normalized spacial score (nSPS) is 11.1. The van der Waals surface area contributed by atoms with Crippen LogP contribution in [-0.2, 0) is 0 Å². The summed E-state index contributed by atoms with van der Waals surface area (Å²) in [7, 11) is 0. The van der Waals surface area contributed by atoms with Crippen molar-refractivity contribution in [2.45, 2.75) is 19.9 Å². The van der Waals surface area contributed by atoms with Gasteiger partial charge in [0.2, 0.25) is 0 Å². The molecular weight excluding hydrogens is 192 g/mol. The van der Waals surface area contributed by atoms with Crippen molar-refractivity contribution in [1.82, 2.24) is 9.78 Å². The minimum atomic E-state index is -0.933. The Kier molecular flexibility index (Phi) is 2.19. The number of fused-ring (bicyclic) bond motifs is 1. The summed E-state index contributed by atoms with van der Waals surface area (Å²) < 4.78 is 1.55. The van der Waals surface area contributed by atoms with Gasteiger partial charge in [-0.25, -0.2) is 4.79 Å². The van der Waals surface area contributed by atoms with Crippen LogP contribution >= 0.6 is 0 Å². The number of hydrogen-bond donors (Lipinski definition) is 1. The van der Waals surface area contributed by atoms with Crippen LogP contribution in [0.15, 0.2) is 24.3 Å². The number of carboxylic acids is 1. The van der Waals surface area contributed by atoms with E-state index in [9.17, 15) is 4.79 Å². The van der Waals surface area contributed by atoms with Crippen LogP contribution in [0.1, 0.15) is 30.4 Å². The van der Waals surface area contributed by atoms with Gasteiger partial charge in [0.15, 0.2) is 5.69 Å². The molecule has 1 aromatic heterocycles. The summed E-state index contributed by atoms with van der Waals surface area (Å²) in [5.41, 5.74) is 0.990. The molecule has 4 nitrogen and oxygen atoms in total. The molecule has 0 saturated heterocycles. The lowest BCUT2D eigenvalue weighted by molar-refractivity contribution is 0.0683. The van der Waals surface area contributed by atoms with Crippen molar-refractivity contribution < 1.29 is 9.90 Å². The van der Waals surface area contributed by atoms with Crippen LogP contribution in [0, 0.1) is 0 Å². The summed E-state index contributed by atoms with van der Waals surface area (Å²) in [4.78, 5) is 11.1. The van der Waals surface area contributed by atoms with Crippen LogP contribution in [0.5, 0.6) is 0 Å². The summed E-state index contributed by atoms with van der Waals surface area (Å²) in [5.74, 6) is -0.933. The topological polar surface area (TPSA) is 55.1 Å². The maximum absolute atomic E-state index is 11.1. The summed E-state index contributed by atoms with van der Waals surface area (Å²) in [5, 5.41) is 14.1. The highest BCUT2D eigenvalue weighted by atomic mass is 16.4. The van der Waals surface area contributed by atoms with Gasteiger partial charge in [0, 0.05) is 11.4 Å². The molecule has 78 valence electrons. The Hall–Kier alpha value is -1.84. The highest BCUT2D eigenvalue weighted by Gasteiger charge is 2.18. The number of carboxylic acid groups (broad SMARTS) is 1. The van der Waals surface area contributed by atoms with E-state index in [1.807, 2.05) is 32.0 Å². The van der Waals surface area contributed by atoms with Crippen molar-refractivity contribution in [2.24, 2.45) is 0 Å². The molecule has 0 aliphatic heterocycles. The van der Waals surface area contributed by atoms with Gasteiger partial charge in [0.1, 0.15) is 0 Å². The fourth-order valence-corrected chi connectivity index (χ4v) is 1.64. The van der Waals surface area contributed by atoms with E-state index in [0.717, 1.165) is 5.52 Å². The first-order valence-corrected chi connectivity index (χ1v) is 4.82. The van der Waals surface area contributed by atoms with Gasteiger partial charge in [0.25, 0.3) is 0 Å². The summed E-state index contributed by atoms with van der Waals surface area (Å²) in [6.45, 7) is 3.83.